The van der Waals surface area contributed by atoms with Gasteiger partial charge in [0.2, 0.25) is 0 Å². The van der Waals surface area contributed by atoms with E-state index in [0.29, 0.717) is 19.6 Å². The topological polar surface area (TPSA) is 61.4 Å². The molecule has 0 spiro atoms. The minimum Gasteiger partial charge on any atom is -0.351 e. The fraction of sp³-hybridized carbons (Fsp3) is 0.296. The van der Waals surface area contributed by atoms with Gasteiger partial charge < -0.3 is 15.1 Å². The van der Waals surface area contributed by atoms with Crippen LogP contribution < -0.4 is 10.2 Å². The SMILES string of the molecule is CC(NC(=O)N1CCN(c2ncnc3cc(-c4ccc(F)cc4)sc23)CC1(C)C)c1cccc(F)c1. The summed E-state index contributed by atoms with van der Waals surface area (Å²) in [5.74, 6) is 0.240. The van der Waals surface area contributed by atoms with Gasteiger partial charge in [-0.25, -0.2) is 23.5 Å². The molecule has 1 N–H and O–H groups in total. The highest BCUT2D eigenvalue weighted by Crippen LogP contribution is 2.38. The van der Waals surface area contributed by atoms with Crippen molar-refractivity contribution in [3.05, 3.63) is 78.1 Å². The number of hydrogen-bond donors (Lipinski definition) is 1. The van der Waals surface area contributed by atoms with Crippen LogP contribution in [0.15, 0.2) is 60.9 Å². The molecule has 4 aromatic rings. The first kappa shape index (κ1) is 24.1. The van der Waals surface area contributed by atoms with E-state index in [1.807, 2.05) is 31.7 Å². The average Bonchev–Trinajstić information content (AvgIpc) is 3.28. The molecular weight excluding hydrogens is 480 g/mol. The monoisotopic (exact) mass is 507 g/mol. The van der Waals surface area contributed by atoms with E-state index in [9.17, 15) is 13.6 Å². The number of nitrogens with one attached hydrogen (secondary N) is 1. The van der Waals surface area contributed by atoms with Gasteiger partial charge in [0.05, 0.1) is 21.8 Å². The number of carbonyl (C=O) groups is 1. The first-order valence-corrected chi connectivity index (χ1v) is 12.6. The molecule has 2 aromatic carbocycles. The Labute approximate surface area is 212 Å². The summed E-state index contributed by atoms with van der Waals surface area (Å²) in [5, 5.41) is 3.01. The Hall–Kier alpha value is -3.59. The van der Waals surface area contributed by atoms with Crippen molar-refractivity contribution >= 4 is 33.4 Å². The van der Waals surface area contributed by atoms with Crippen molar-refractivity contribution in [2.45, 2.75) is 32.4 Å². The smallest absolute Gasteiger partial charge is 0.318 e. The van der Waals surface area contributed by atoms with Crippen LogP contribution in [0.4, 0.5) is 19.4 Å². The first-order chi connectivity index (χ1) is 17.2. The van der Waals surface area contributed by atoms with Crippen molar-refractivity contribution in [2.75, 3.05) is 24.5 Å². The zero-order chi connectivity index (χ0) is 25.4. The Morgan fingerprint density at radius 3 is 2.56 bits per heavy atom. The van der Waals surface area contributed by atoms with Gasteiger partial charge in [0, 0.05) is 24.5 Å². The second kappa shape index (κ2) is 9.46. The van der Waals surface area contributed by atoms with Crippen LogP contribution in [0, 0.1) is 11.6 Å². The summed E-state index contributed by atoms with van der Waals surface area (Å²) in [6.45, 7) is 7.62. The average molecular weight is 508 g/mol. The van der Waals surface area contributed by atoms with Crippen molar-refractivity contribution < 1.29 is 13.6 Å². The third-order valence-corrected chi connectivity index (χ3v) is 7.73. The molecule has 2 amide bonds. The summed E-state index contributed by atoms with van der Waals surface area (Å²) in [4.78, 5) is 27.2. The molecule has 0 radical (unpaired) electrons. The van der Waals surface area contributed by atoms with Gasteiger partial charge in [0.1, 0.15) is 23.8 Å². The van der Waals surface area contributed by atoms with E-state index in [0.717, 1.165) is 32.0 Å². The molecule has 5 rings (SSSR count). The third-order valence-electron chi connectivity index (χ3n) is 6.56. The lowest BCUT2D eigenvalue weighted by molar-refractivity contribution is 0.121. The molecule has 3 heterocycles. The number of piperazine rings is 1. The Kier molecular flexibility index (Phi) is 6.34. The first-order valence-electron chi connectivity index (χ1n) is 11.8. The lowest BCUT2D eigenvalue weighted by Crippen LogP contribution is -2.63. The van der Waals surface area contributed by atoms with Crippen molar-refractivity contribution in [3.8, 4) is 10.4 Å². The number of aromatic nitrogens is 2. The van der Waals surface area contributed by atoms with E-state index in [1.54, 1.807) is 41.9 Å². The second-order valence-corrected chi connectivity index (χ2v) is 10.7. The molecule has 186 valence electrons. The van der Waals surface area contributed by atoms with Crippen molar-refractivity contribution in [1.29, 1.82) is 0 Å². The Bertz CT molecular complexity index is 1410. The predicted octanol–water partition coefficient (Wildman–Crippen LogP) is 6.01. The summed E-state index contributed by atoms with van der Waals surface area (Å²) < 4.78 is 28.0. The number of benzene rings is 2. The number of carbonyl (C=O) groups excluding carboxylic acids is 1. The van der Waals surface area contributed by atoms with E-state index in [2.05, 4.69) is 20.2 Å². The number of hydrogen-bond acceptors (Lipinski definition) is 5. The Morgan fingerprint density at radius 2 is 1.83 bits per heavy atom. The van der Waals surface area contributed by atoms with Crippen molar-refractivity contribution in [2.24, 2.45) is 0 Å². The maximum Gasteiger partial charge on any atom is 0.318 e. The molecule has 1 unspecified atom stereocenters. The van der Waals surface area contributed by atoms with Crippen LogP contribution in [-0.4, -0.2) is 46.1 Å². The normalized spacial score (nSPS) is 16.2. The van der Waals surface area contributed by atoms with Gasteiger partial charge in [-0.05, 0) is 62.2 Å². The fourth-order valence-electron chi connectivity index (χ4n) is 4.66. The number of fused-ring (bicyclic) bond motifs is 1. The van der Waals surface area contributed by atoms with Gasteiger partial charge in [0.15, 0.2) is 0 Å². The van der Waals surface area contributed by atoms with Crippen LogP contribution in [0.5, 0.6) is 0 Å². The number of rotatable bonds is 4. The molecule has 1 aliphatic rings. The minimum atomic E-state index is -0.474. The van der Waals surface area contributed by atoms with E-state index in [4.69, 9.17) is 0 Å². The standard InChI is InChI=1S/C27H27F2N5OS/c1-17(19-5-4-6-21(29)13-19)32-26(35)34-12-11-33(15-27(34,2)3)25-24-22(30-16-31-25)14-23(36-24)18-7-9-20(28)10-8-18/h4-10,13-14,16-17H,11-12,15H2,1-3H3,(H,32,35). The molecule has 0 aliphatic carbocycles. The summed E-state index contributed by atoms with van der Waals surface area (Å²) in [7, 11) is 0. The van der Waals surface area contributed by atoms with E-state index in [1.165, 1.54) is 24.3 Å². The molecule has 1 atom stereocenters. The lowest BCUT2D eigenvalue weighted by Gasteiger charge is -2.47. The molecule has 9 heteroatoms. The second-order valence-electron chi connectivity index (χ2n) is 9.64. The fourth-order valence-corrected chi connectivity index (χ4v) is 5.79. The summed E-state index contributed by atoms with van der Waals surface area (Å²) >= 11 is 1.58. The van der Waals surface area contributed by atoms with Gasteiger partial charge in [0.25, 0.3) is 0 Å². The Balaban J connectivity index is 1.34. The molecule has 0 bridgehead atoms. The largest absolute Gasteiger partial charge is 0.351 e. The number of halogens is 2. The molecule has 1 aliphatic heterocycles. The van der Waals surface area contributed by atoms with Crippen LogP contribution in [-0.2, 0) is 0 Å². The van der Waals surface area contributed by atoms with Gasteiger partial charge >= 0.3 is 6.03 Å². The minimum absolute atomic E-state index is 0.182. The number of urea groups is 1. The molecule has 36 heavy (non-hydrogen) atoms. The highest BCUT2D eigenvalue weighted by Gasteiger charge is 2.38. The number of amides is 2. The highest BCUT2D eigenvalue weighted by molar-refractivity contribution is 7.22. The van der Waals surface area contributed by atoms with E-state index in [-0.39, 0.29) is 23.7 Å². The van der Waals surface area contributed by atoms with Crippen molar-refractivity contribution in [1.82, 2.24) is 20.2 Å². The Morgan fingerprint density at radius 1 is 1.06 bits per heavy atom. The van der Waals surface area contributed by atoms with E-state index < -0.39 is 5.54 Å². The maximum atomic E-state index is 13.6. The molecule has 1 fully saturated rings. The van der Waals surface area contributed by atoms with Crippen LogP contribution in [0.2, 0.25) is 0 Å². The van der Waals surface area contributed by atoms with Crippen molar-refractivity contribution in [3.63, 3.8) is 0 Å². The number of nitrogens with zero attached hydrogens (tertiary/aromatic N) is 4. The number of anilines is 1. The van der Waals surface area contributed by atoms with Crippen LogP contribution in [0.1, 0.15) is 32.4 Å². The summed E-state index contributed by atoms with van der Waals surface area (Å²) in [6.07, 6.45) is 1.56. The quantitative estimate of drug-likeness (QED) is 0.368. The van der Waals surface area contributed by atoms with E-state index >= 15 is 0 Å². The van der Waals surface area contributed by atoms with Gasteiger partial charge in [-0.15, -0.1) is 11.3 Å². The molecule has 1 saturated heterocycles. The number of thiophene rings is 1. The van der Waals surface area contributed by atoms with Gasteiger partial charge in [-0.2, -0.15) is 0 Å². The van der Waals surface area contributed by atoms with Crippen LogP contribution >= 0.6 is 11.3 Å². The zero-order valence-corrected chi connectivity index (χ0v) is 21.1. The summed E-state index contributed by atoms with van der Waals surface area (Å²) in [6, 6.07) is 14.2. The van der Waals surface area contributed by atoms with Crippen LogP contribution in [0.3, 0.4) is 0 Å². The summed E-state index contributed by atoms with van der Waals surface area (Å²) in [5.41, 5.74) is 2.02. The zero-order valence-electron chi connectivity index (χ0n) is 20.3. The van der Waals surface area contributed by atoms with Gasteiger partial charge in [-0.1, -0.05) is 24.3 Å². The lowest BCUT2D eigenvalue weighted by atomic mass is 9.99. The van der Waals surface area contributed by atoms with Gasteiger partial charge in [-0.3, -0.25) is 0 Å². The predicted molar refractivity (Wildman–Crippen MR) is 139 cm³/mol. The molecule has 6 nitrogen and oxygen atoms in total. The molecule has 0 saturated carbocycles. The highest BCUT2D eigenvalue weighted by atomic mass is 32.1. The third kappa shape index (κ3) is 4.75. The maximum absolute atomic E-state index is 13.6. The van der Waals surface area contributed by atoms with Crippen LogP contribution in [0.25, 0.3) is 20.7 Å². The molecule has 2 aromatic heterocycles. The molecular formula is C27H27F2N5OS.